The van der Waals surface area contributed by atoms with Crippen LogP contribution in [0.1, 0.15) is 31.2 Å². The maximum Gasteiger partial charge on any atom is 0.315 e. The number of amides is 3. The monoisotopic (exact) mass is 377 g/mol. The van der Waals surface area contributed by atoms with Crippen molar-refractivity contribution in [3.05, 3.63) is 35.9 Å². The number of unbranched alkanes of at least 4 members (excludes halogenated alkanes) is 1. The number of hydrogen-bond acceptors (Lipinski definition) is 4. The van der Waals surface area contributed by atoms with E-state index in [2.05, 4.69) is 16.0 Å². The van der Waals surface area contributed by atoms with Crippen LogP contribution >= 0.6 is 11.8 Å². The summed E-state index contributed by atoms with van der Waals surface area (Å²) < 4.78 is 0. The molecule has 26 heavy (non-hydrogen) atoms. The third-order valence-electron chi connectivity index (χ3n) is 4.99. The molecule has 1 aromatic rings. The van der Waals surface area contributed by atoms with Crippen molar-refractivity contribution in [2.75, 3.05) is 12.4 Å². The normalized spacial score (nSPS) is 25.3. The highest BCUT2D eigenvalue weighted by molar-refractivity contribution is 8.00. The second-order valence-electron chi connectivity index (χ2n) is 7.00. The number of carbonyl (C=O) groups excluding carboxylic acids is 2. The van der Waals surface area contributed by atoms with Gasteiger partial charge in [-0.1, -0.05) is 36.8 Å². The molecule has 0 unspecified atom stereocenters. The Labute approximate surface area is 158 Å². The van der Waals surface area contributed by atoms with Crippen LogP contribution in [-0.2, 0) is 11.2 Å². The summed E-state index contributed by atoms with van der Waals surface area (Å²) >= 11 is 1.90. The topological polar surface area (TPSA) is 90.5 Å². The first-order chi connectivity index (χ1) is 12.7. The van der Waals surface area contributed by atoms with Gasteiger partial charge in [0.25, 0.3) is 0 Å². The van der Waals surface area contributed by atoms with E-state index in [1.807, 2.05) is 42.1 Å². The van der Waals surface area contributed by atoms with Crippen LogP contribution in [0.5, 0.6) is 0 Å². The van der Waals surface area contributed by atoms with E-state index in [9.17, 15) is 14.7 Å². The minimum atomic E-state index is -0.240. The van der Waals surface area contributed by atoms with E-state index < -0.39 is 0 Å². The highest BCUT2D eigenvalue weighted by atomic mass is 32.2. The number of aliphatic hydroxyl groups excluding tert-OH is 1. The molecular formula is C19H27N3O3S. The zero-order valence-electron chi connectivity index (χ0n) is 14.8. The third-order valence-corrected chi connectivity index (χ3v) is 6.50. The highest BCUT2D eigenvalue weighted by Gasteiger charge is 2.42. The van der Waals surface area contributed by atoms with Gasteiger partial charge in [0.2, 0.25) is 5.91 Å². The summed E-state index contributed by atoms with van der Waals surface area (Å²) in [6.07, 6.45) is 3.91. The lowest BCUT2D eigenvalue weighted by atomic mass is 10.0. The fraction of sp³-hybridized carbons (Fsp3) is 0.579. The number of aliphatic hydroxyl groups is 1. The number of fused-ring (bicyclic) bond motifs is 1. The zero-order chi connectivity index (χ0) is 18.4. The Hall–Kier alpha value is -1.73. The van der Waals surface area contributed by atoms with E-state index in [1.54, 1.807) is 0 Å². The van der Waals surface area contributed by atoms with Crippen molar-refractivity contribution >= 4 is 23.7 Å². The van der Waals surface area contributed by atoms with Crippen molar-refractivity contribution < 1.29 is 14.7 Å². The average Bonchev–Trinajstić information content (AvgIpc) is 3.18. The maximum atomic E-state index is 12.1. The lowest BCUT2D eigenvalue weighted by Crippen LogP contribution is -2.39. The predicted octanol–water partition coefficient (Wildman–Crippen LogP) is 1.43. The summed E-state index contributed by atoms with van der Waals surface area (Å²) in [6, 6.07) is 10.0. The molecule has 3 amide bonds. The molecule has 0 aromatic heterocycles. The standard InChI is InChI=1S/C19H27N3O3S/c23-11-14(10-13-6-2-1-3-7-13)20-17(24)9-5-4-8-16-18-15(12-26-16)21-19(25)22-18/h1-3,6-7,14-16,18,23H,4-5,8-12H2,(H,20,24)(H2,21,22,25)/t14-,15-,16-,18+/m0/s1. The summed E-state index contributed by atoms with van der Waals surface area (Å²) in [4.78, 5) is 23.5. The van der Waals surface area contributed by atoms with Crippen molar-refractivity contribution in [3.8, 4) is 0 Å². The molecule has 2 saturated heterocycles. The first-order valence-electron chi connectivity index (χ1n) is 9.28. The van der Waals surface area contributed by atoms with Crippen LogP contribution in [-0.4, -0.2) is 52.8 Å². The van der Waals surface area contributed by atoms with Crippen LogP contribution in [0, 0.1) is 0 Å². The fourth-order valence-corrected chi connectivity index (χ4v) is 5.18. The summed E-state index contributed by atoms with van der Waals surface area (Å²) in [5.41, 5.74) is 1.10. The van der Waals surface area contributed by atoms with Gasteiger partial charge < -0.3 is 21.1 Å². The smallest absolute Gasteiger partial charge is 0.315 e. The number of hydrogen-bond donors (Lipinski definition) is 4. The van der Waals surface area contributed by atoms with E-state index in [0.717, 1.165) is 30.6 Å². The van der Waals surface area contributed by atoms with Crippen LogP contribution in [0.25, 0.3) is 0 Å². The van der Waals surface area contributed by atoms with Gasteiger partial charge in [0, 0.05) is 17.4 Å². The van der Waals surface area contributed by atoms with Crippen molar-refractivity contribution in [1.29, 1.82) is 0 Å². The molecule has 6 nitrogen and oxygen atoms in total. The van der Waals surface area contributed by atoms with Gasteiger partial charge >= 0.3 is 6.03 Å². The van der Waals surface area contributed by atoms with E-state index >= 15 is 0 Å². The number of thioether (sulfide) groups is 1. The molecule has 2 heterocycles. The van der Waals surface area contributed by atoms with E-state index in [1.165, 1.54) is 0 Å². The minimum absolute atomic E-state index is 0.00670. The molecule has 142 valence electrons. The van der Waals surface area contributed by atoms with Gasteiger partial charge in [-0.25, -0.2) is 4.79 Å². The second kappa shape index (κ2) is 9.28. The van der Waals surface area contributed by atoms with E-state index in [0.29, 0.717) is 18.1 Å². The van der Waals surface area contributed by atoms with Gasteiger partial charge in [-0.15, -0.1) is 0 Å². The number of benzene rings is 1. The molecule has 1 aromatic carbocycles. The van der Waals surface area contributed by atoms with Gasteiger partial charge in [0.15, 0.2) is 0 Å². The molecule has 3 rings (SSSR count). The molecule has 0 radical (unpaired) electrons. The highest BCUT2D eigenvalue weighted by Crippen LogP contribution is 2.33. The van der Waals surface area contributed by atoms with Crippen LogP contribution in [0.15, 0.2) is 30.3 Å². The fourth-order valence-electron chi connectivity index (χ4n) is 3.63. The predicted molar refractivity (Wildman–Crippen MR) is 103 cm³/mol. The van der Waals surface area contributed by atoms with Crippen LogP contribution < -0.4 is 16.0 Å². The van der Waals surface area contributed by atoms with Crippen molar-refractivity contribution in [2.24, 2.45) is 0 Å². The first-order valence-corrected chi connectivity index (χ1v) is 10.3. The second-order valence-corrected chi connectivity index (χ2v) is 8.28. The summed E-state index contributed by atoms with van der Waals surface area (Å²) in [5, 5.41) is 18.8. The molecular weight excluding hydrogens is 350 g/mol. The Bertz CT molecular complexity index is 613. The van der Waals surface area contributed by atoms with Crippen LogP contribution in [0.3, 0.4) is 0 Å². The Morgan fingerprint density at radius 3 is 2.85 bits per heavy atom. The number of urea groups is 1. The maximum absolute atomic E-state index is 12.1. The lowest BCUT2D eigenvalue weighted by Gasteiger charge is -2.18. The molecule has 0 aliphatic carbocycles. The average molecular weight is 378 g/mol. The molecule has 2 fully saturated rings. The summed E-state index contributed by atoms with van der Waals surface area (Å²) in [6.45, 7) is -0.0604. The van der Waals surface area contributed by atoms with Gasteiger partial charge in [-0.05, 0) is 24.8 Å². The Morgan fingerprint density at radius 2 is 2.08 bits per heavy atom. The largest absolute Gasteiger partial charge is 0.394 e. The van der Waals surface area contributed by atoms with Crippen molar-refractivity contribution in [2.45, 2.75) is 55.5 Å². The van der Waals surface area contributed by atoms with Crippen LogP contribution in [0.4, 0.5) is 4.79 Å². The quantitative estimate of drug-likeness (QED) is 0.387. The van der Waals surface area contributed by atoms with Gasteiger partial charge in [0.1, 0.15) is 0 Å². The SMILES string of the molecule is O=C(CCCC[C@@H]1SC[C@@H]2NC(=O)N[C@H]21)N[C@H](CO)Cc1ccccc1. The Kier molecular flexibility index (Phi) is 6.80. The number of rotatable bonds is 9. The Balaban J connectivity index is 1.33. The zero-order valence-corrected chi connectivity index (χ0v) is 15.6. The molecule has 4 atom stereocenters. The van der Waals surface area contributed by atoms with Crippen LogP contribution in [0.2, 0.25) is 0 Å². The van der Waals surface area contributed by atoms with Gasteiger partial charge in [-0.2, -0.15) is 11.8 Å². The van der Waals surface area contributed by atoms with Gasteiger partial charge in [0.05, 0.1) is 24.7 Å². The molecule has 0 bridgehead atoms. The van der Waals surface area contributed by atoms with E-state index in [-0.39, 0.29) is 36.7 Å². The van der Waals surface area contributed by atoms with Gasteiger partial charge in [-0.3, -0.25) is 4.79 Å². The van der Waals surface area contributed by atoms with Crippen molar-refractivity contribution in [1.82, 2.24) is 16.0 Å². The molecule has 7 heteroatoms. The van der Waals surface area contributed by atoms with E-state index in [4.69, 9.17) is 0 Å². The lowest BCUT2D eigenvalue weighted by molar-refractivity contribution is -0.122. The Morgan fingerprint density at radius 1 is 1.27 bits per heavy atom. The summed E-state index contributed by atoms with van der Waals surface area (Å²) in [7, 11) is 0. The molecule has 2 aliphatic heterocycles. The number of nitrogens with one attached hydrogen (secondary N) is 3. The minimum Gasteiger partial charge on any atom is -0.394 e. The molecule has 4 N–H and O–H groups in total. The molecule has 2 aliphatic rings. The first kappa shape index (κ1) is 19.0. The van der Waals surface area contributed by atoms with Crippen molar-refractivity contribution in [3.63, 3.8) is 0 Å². The summed E-state index contributed by atoms with van der Waals surface area (Å²) in [5.74, 6) is 0.958. The molecule has 0 spiro atoms. The molecule has 0 saturated carbocycles. The third kappa shape index (κ3) is 5.14. The number of carbonyl (C=O) groups is 2.